The lowest BCUT2D eigenvalue weighted by atomic mass is 10.1. The van der Waals surface area contributed by atoms with Crippen LogP contribution in [-0.4, -0.2) is 26.1 Å². The number of carboxylic acid groups (broad SMARTS) is 1. The Hall–Kier alpha value is -2.61. The molecule has 0 amide bonds. The topological polar surface area (TPSA) is 68.0 Å². The Bertz CT molecular complexity index is 907. The van der Waals surface area contributed by atoms with Gasteiger partial charge in [-0.2, -0.15) is 0 Å². The molecule has 0 aliphatic heterocycles. The average molecular weight is 394 g/mol. The van der Waals surface area contributed by atoms with Crippen LogP contribution in [0.25, 0.3) is 11.3 Å². The molecule has 0 aliphatic carbocycles. The van der Waals surface area contributed by atoms with Crippen molar-refractivity contribution in [3.63, 3.8) is 0 Å². The van der Waals surface area contributed by atoms with Gasteiger partial charge in [0, 0.05) is 16.1 Å². The summed E-state index contributed by atoms with van der Waals surface area (Å²) in [4.78, 5) is 11.4. The summed E-state index contributed by atoms with van der Waals surface area (Å²) >= 11 is 3.35. The zero-order chi connectivity index (χ0) is 17.3. The van der Waals surface area contributed by atoms with Gasteiger partial charge in [-0.05, 0) is 29.8 Å². The Balaban J connectivity index is 2.12. The van der Waals surface area contributed by atoms with E-state index in [9.17, 15) is 18.7 Å². The molecule has 5 nitrogen and oxygen atoms in total. The fraction of sp³-hybridized carbons (Fsp3) is 0.0625. The van der Waals surface area contributed by atoms with Crippen LogP contribution in [0.2, 0.25) is 0 Å². The third-order valence-corrected chi connectivity index (χ3v) is 3.79. The predicted octanol–water partition coefficient (Wildman–Crippen LogP) is 3.73. The summed E-state index contributed by atoms with van der Waals surface area (Å²) in [6.07, 6.45) is 0. The highest BCUT2D eigenvalue weighted by Crippen LogP contribution is 2.25. The first-order chi connectivity index (χ1) is 11.4. The van der Waals surface area contributed by atoms with E-state index in [1.54, 1.807) is 0 Å². The van der Waals surface area contributed by atoms with Gasteiger partial charge in [0.1, 0.15) is 17.3 Å². The van der Waals surface area contributed by atoms with E-state index in [-0.39, 0.29) is 23.5 Å². The quantitative estimate of drug-likeness (QED) is 0.732. The van der Waals surface area contributed by atoms with Crippen LogP contribution < -0.4 is 0 Å². The van der Waals surface area contributed by atoms with E-state index < -0.39 is 17.6 Å². The maximum absolute atomic E-state index is 13.5. The number of benzene rings is 2. The predicted molar refractivity (Wildman–Crippen MR) is 85.6 cm³/mol. The van der Waals surface area contributed by atoms with Crippen molar-refractivity contribution in [1.82, 2.24) is 15.0 Å². The monoisotopic (exact) mass is 393 g/mol. The summed E-state index contributed by atoms with van der Waals surface area (Å²) < 4.78 is 29.2. The van der Waals surface area contributed by atoms with Crippen LogP contribution in [0.4, 0.5) is 8.78 Å². The SMILES string of the molecule is O=C(O)c1nnn(Cc2cccc(Br)c2)c1-c1cc(F)cc(F)c1. The van der Waals surface area contributed by atoms with Gasteiger partial charge in [0.25, 0.3) is 0 Å². The highest BCUT2D eigenvalue weighted by Gasteiger charge is 2.21. The van der Waals surface area contributed by atoms with Crippen LogP contribution >= 0.6 is 15.9 Å². The van der Waals surface area contributed by atoms with Crippen molar-refractivity contribution in [2.75, 3.05) is 0 Å². The van der Waals surface area contributed by atoms with E-state index in [4.69, 9.17) is 0 Å². The lowest BCUT2D eigenvalue weighted by Gasteiger charge is -2.08. The van der Waals surface area contributed by atoms with Gasteiger partial charge < -0.3 is 5.11 Å². The largest absolute Gasteiger partial charge is 0.476 e. The number of rotatable bonds is 4. The van der Waals surface area contributed by atoms with E-state index in [0.29, 0.717) is 6.07 Å². The molecule has 2 aromatic carbocycles. The summed E-state index contributed by atoms with van der Waals surface area (Å²) in [6.45, 7) is 0.202. The number of nitrogens with zero attached hydrogens (tertiary/aromatic N) is 3. The number of hydrogen-bond acceptors (Lipinski definition) is 3. The lowest BCUT2D eigenvalue weighted by Crippen LogP contribution is -2.06. The second-order valence-corrected chi connectivity index (χ2v) is 5.95. The molecule has 3 aromatic rings. The van der Waals surface area contributed by atoms with E-state index in [0.717, 1.165) is 22.2 Å². The molecule has 0 fully saturated rings. The Morgan fingerprint density at radius 3 is 2.50 bits per heavy atom. The number of aromatic carboxylic acids is 1. The summed E-state index contributed by atoms with van der Waals surface area (Å²) in [5.41, 5.74) is 0.560. The van der Waals surface area contributed by atoms with E-state index >= 15 is 0 Å². The summed E-state index contributed by atoms with van der Waals surface area (Å²) in [5, 5.41) is 16.7. The molecule has 0 saturated carbocycles. The lowest BCUT2D eigenvalue weighted by molar-refractivity contribution is 0.0691. The molecule has 1 aromatic heterocycles. The van der Waals surface area contributed by atoms with Crippen molar-refractivity contribution in [2.45, 2.75) is 6.54 Å². The van der Waals surface area contributed by atoms with Crippen LogP contribution in [0.3, 0.4) is 0 Å². The number of carbonyl (C=O) groups is 1. The summed E-state index contributed by atoms with van der Waals surface area (Å²) in [7, 11) is 0. The average Bonchev–Trinajstić information content (AvgIpc) is 2.90. The van der Waals surface area contributed by atoms with E-state index in [1.807, 2.05) is 24.3 Å². The Morgan fingerprint density at radius 1 is 1.17 bits per heavy atom. The standard InChI is InChI=1S/C16H10BrF2N3O2/c17-11-3-1-2-9(4-11)8-22-15(14(16(23)24)20-21-22)10-5-12(18)7-13(19)6-10/h1-7H,8H2,(H,23,24). The Labute approximate surface area is 143 Å². The third kappa shape index (κ3) is 3.33. The molecule has 0 radical (unpaired) electrons. The molecular weight excluding hydrogens is 384 g/mol. The highest BCUT2D eigenvalue weighted by atomic mass is 79.9. The van der Waals surface area contributed by atoms with Crippen molar-refractivity contribution in [2.24, 2.45) is 0 Å². The molecule has 0 unspecified atom stereocenters. The van der Waals surface area contributed by atoms with Gasteiger partial charge in [0.05, 0.1) is 6.54 Å². The molecule has 0 bridgehead atoms. The fourth-order valence-electron chi connectivity index (χ4n) is 2.35. The molecular formula is C16H10BrF2N3O2. The zero-order valence-corrected chi connectivity index (χ0v) is 13.7. The molecule has 0 spiro atoms. The molecule has 0 aliphatic rings. The van der Waals surface area contributed by atoms with Crippen molar-refractivity contribution < 1.29 is 18.7 Å². The van der Waals surface area contributed by atoms with Crippen molar-refractivity contribution in [3.8, 4) is 11.3 Å². The molecule has 1 heterocycles. The Morgan fingerprint density at radius 2 is 1.88 bits per heavy atom. The molecule has 122 valence electrons. The minimum Gasteiger partial charge on any atom is -0.476 e. The van der Waals surface area contributed by atoms with Gasteiger partial charge in [0.2, 0.25) is 0 Å². The summed E-state index contributed by atoms with van der Waals surface area (Å²) in [6, 6.07) is 10.1. The second-order valence-electron chi connectivity index (χ2n) is 5.04. The first-order valence-electron chi connectivity index (χ1n) is 6.82. The van der Waals surface area contributed by atoms with Crippen LogP contribution in [0.5, 0.6) is 0 Å². The molecule has 8 heteroatoms. The number of halogens is 3. The van der Waals surface area contributed by atoms with Gasteiger partial charge in [-0.25, -0.2) is 18.3 Å². The van der Waals surface area contributed by atoms with Crippen LogP contribution in [0.1, 0.15) is 16.1 Å². The zero-order valence-electron chi connectivity index (χ0n) is 12.1. The third-order valence-electron chi connectivity index (χ3n) is 3.30. The van der Waals surface area contributed by atoms with Gasteiger partial charge in [-0.1, -0.05) is 33.3 Å². The fourth-order valence-corrected chi connectivity index (χ4v) is 2.80. The van der Waals surface area contributed by atoms with Crippen molar-refractivity contribution >= 4 is 21.9 Å². The second kappa shape index (κ2) is 6.48. The molecule has 24 heavy (non-hydrogen) atoms. The highest BCUT2D eigenvalue weighted by molar-refractivity contribution is 9.10. The van der Waals surface area contributed by atoms with Crippen molar-refractivity contribution in [1.29, 1.82) is 0 Å². The van der Waals surface area contributed by atoms with Crippen LogP contribution in [0, 0.1) is 11.6 Å². The number of hydrogen-bond donors (Lipinski definition) is 1. The maximum Gasteiger partial charge on any atom is 0.358 e. The van der Waals surface area contributed by atoms with Gasteiger partial charge in [-0.15, -0.1) is 5.10 Å². The van der Waals surface area contributed by atoms with Gasteiger partial charge in [0.15, 0.2) is 5.69 Å². The molecule has 3 rings (SSSR count). The number of aromatic nitrogens is 3. The molecule has 1 N–H and O–H groups in total. The molecule has 0 saturated heterocycles. The smallest absolute Gasteiger partial charge is 0.358 e. The summed E-state index contributed by atoms with van der Waals surface area (Å²) in [5.74, 6) is -2.94. The van der Waals surface area contributed by atoms with Crippen LogP contribution in [-0.2, 0) is 6.54 Å². The normalized spacial score (nSPS) is 10.8. The minimum atomic E-state index is -1.32. The first-order valence-corrected chi connectivity index (χ1v) is 7.61. The molecule has 0 atom stereocenters. The van der Waals surface area contributed by atoms with E-state index in [2.05, 4.69) is 26.2 Å². The van der Waals surface area contributed by atoms with Gasteiger partial charge in [-0.3, -0.25) is 0 Å². The maximum atomic E-state index is 13.5. The van der Waals surface area contributed by atoms with Crippen molar-refractivity contribution in [3.05, 3.63) is 69.8 Å². The van der Waals surface area contributed by atoms with Gasteiger partial charge >= 0.3 is 5.97 Å². The van der Waals surface area contributed by atoms with E-state index in [1.165, 1.54) is 4.68 Å². The first kappa shape index (κ1) is 16.3. The minimum absolute atomic E-state index is 0.0425. The number of carboxylic acids is 1. The Kier molecular flexibility index (Phi) is 4.39. The van der Waals surface area contributed by atoms with Crippen LogP contribution in [0.15, 0.2) is 46.9 Å².